The molecule has 0 spiro atoms. The molecule has 158 valence electrons. The number of carbonyl (C=O) groups excluding carboxylic acids is 1. The van der Waals surface area contributed by atoms with Crippen LogP contribution in [0.1, 0.15) is 61.9 Å². The predicted molar refractivity (Wildman–Crippen MR) is 130 cm³/mol. The Balaban J connectivity index is 1.62. The fourth-order valence-electron chi connectivity index (χ4n) is 4.55. The van der Waals surface area contributed by atoms with Crippen molar-refractivity contribution in [1.82, 2.24) is 0 Å². The van der Waals surface area contributed by atoms with E-state index >= 15 is 0 Å². The number of nitrogens with one attached hydrogen (secondary N) is 2. The standard InChI is InChI=1S/C25H31N3OS/c1-14-10-19-17(15(2)24(14)28-23(29)13-25(3,4)5)6-7-20(19)27-21-11-16(26)12-22-18(21)8-9-30-22/h8-12,20,27H,6-7,13,26H2,1-5H3,(H,28,29). The molecule has 1 aliphatic rings. The van der Waals surface area contributed by atoms with E-state index in [1.54, 1.807) is 11.3 Å². The SMILES string of the molecule is Cc1cc2c(c(C)c1NC(=O)CC(C)(C)C)CCC2Nc1cc(N)cc2sccc12. The summed E-state index contributed by atoms with van der Waals surface area (Å²) in [5.41, 5.74) is 14.0. The highest BCUT2D eigenvalue weighted by molar-refractivity contribution is 7.17. The Bertz CT molecular complexity index is 1120. The number of fused-ring (bicyclic) bond motifs is 2. The van der Waals surface area contributed by atoms with Gasteiger partial charge in [-0.1, -0.05) is 26.8 Å². The molecule has 4 nitrogen and oxygen atoms in total. The van der Waals surface area contributed by atoms with Gasteiger partial charge in [-0.2, -0.15) is 0 Å². The molecule has 30 heavy (non-hydrogen) atoms. The van der Waals surface area contributed by atoms with Gasteiger partial charge >= 0.3 is 0 Å². The molecule has 0 aliphatic heterocycles. The summed E-state index contributed by atoms with van der Waals surface area (Å²) >= 11 is 1.72. The zero-order valence-electron chi connectivity index (χ0n) is 18.5. The molecule has 0 radical (unpaired) electrons. The normalized spacial score (nSPS) is 16.0. The molecule has 1 heterocycles. The minimum Gasteiger partial charge on any atom is -0.399 e. The van der Waals surface area contributed by atoms with E-state index in [4.69, 9.17) is 5.73 Å². The maximum Gasteiger partial charge on any atom is 0.224 e. The lowest BCUT2D eigenvalue weighted by atomic mass is 9.91. The van der Waals surface area contributed by atoms with Crippen LogP contribution in [0.2, 0.25) is 0 Å². The first-order valence-electron chi connectivity index (χ1n) is 10.6. The monoisotopic (exact) mass is 421 g/mol. The fourth-order valence-corrected chi connectivity index (χ4v) is 5.41. The number of rotatable bonds is 4. The molecule has 3 aromatic rings. The minimum atomic E-state index is -0.0256. The Kier molecular flexibility index (Phi) is 5.27. The van der Waals surface area contributed by atoms with Crippen LogP contribution in [0.15, 0.2) is 29.6 Å². The summed E-state index contributed by atoms with van der Waals surface area (Å²) in [6.45, 7) is 10.5. The van der Waals surface area contributed by atoms with E-state index in [9.17, 15) is 4.79 Å². The molecule has 0 fully saturated rings. The number of thiophene rings is 1. The Morgan fingerprint density at radius 2 is 2.00 bits per heavy atom. The van der Waals surface area contributed by atoms with Crippen LogP contribution in [-0.4, -0.2) is 5.91 Å². The van der Waals surface area contributed by atoms with Gasteiger partial charge in [0.1, 0.15) is 0 Å². The average Bonchev–Trinajstić information content (AvgIpc) is 3.24. The van der Waals surface area contributed by atoms with Crippen molar-refractivity contribution >= 4 is 44.4 Å². The summed E-state index contributed by atoms with van der Waals surface area (Å²) in [6.07, 6.45) is 2.56. The summed E-state index contributed by atoms with van der Waals surface area (Å²) in [5.74, 6) is 0.0842. The second kappa shape index (κ2) is 7.62. The first kappa shape index (κ1) is 20.7. The van der Waals surface area contributed by atoms with Crippen molar-refractivity contribution in [2.45, 2.75) is 59.9 Å². The first-order chi connectivity index (χ1) is 14.1. The van der Waals surface area contributed by atoms with Gasteiger partial charge in [-0.3, -0.25) is 4.79 Å². The van der Waals surface area contributed by atoms with Gasteiger partial charge < -0.3 is 16.4 Å². The number of nitrogen functional groups attached to an aromatic ring is 1. The highest BCUT2D eigenvalue weighted by Gasteiger charge is 2.27. The summed E-state index contributed by atoms with van der Waals surface area (Å²) in [4.78, 5) is 12.5. The van der Waals surface area contributed by atoms with E-state index in [0.717, 1.165) is 35.5 Å². The summed E-state index contributed by atoms with van der Waals surface area (Å²) in [7, 11) is 0. The molecule has 1 atom stereocenters. The molecule has 5 heteroatoms. The maximum absolute atomic E-state index is 12.5. The average molecular weight is 422 g/mol. The number of carbonyl (C=O) groups is 1. The first-order valence-corrected chi connectivity index (χ1v) is 11.5. The zero-order valence-corrected chi connectivity index (χ0v) is 19.3. The van der Waals surface area contributed by atoms with E-state index in [0.29, 0.717) is 6.42 Å². The zero-order chi connectivity index (χ0) is 21.6. The molecule has 4 N–H and O–H groups in total. The molecule has 4 rings (SSSR count). The lowest BCUT2D eigenvalue weighted by molar-refractivity contribution is -0.117. The minimum absolute atomic E-state index is 0.0256. The molecule has 0 saturated heterocycles. The molecule has 2 aromatic carbocycles. The highest BCUT2D eigenvalue weighted by Crippen LogP contribution is 2.41. The second-order valence-corrected chi connectivity index (χ2v) is 10.6. The number of aryl methyl sites for hydroxylation is 1. The van der Waals surface area contributed by atoms with Gasteiger partial charge in [0.25, 0.3) is 0 Å². The molecule has 1 unspecified atom stereocenters. The lowest BCUT2D eigenvalue weighted by Crippen LogP contribution is -2.21. The van der Waals surface area contributed by atoms with Crippen LogP contribution in [-0.2, 0) is 11.2 Å². The maximum atomic E-state index is 12.5. The number of hydrogen-bond acceptors (Lipinski definition) is 4. The fraction of sp³-hybridized carbons (Fsp3) is 0.400. The number of amides is 1. The van der Waals surface area contributed by atoms with Gasteiger partial charge in [-0.25, -0.2) is 0 Å². The quantitative estimate of drug-likeness (QED) is 0.417. The third-order valence-corrected chi connectivity index (χ3v) is 6.74. The smallest absolute Gasteiger partial charge is 0.224 e. The largest absolute Gasteiger partial charge is 0.399 e. The van der Waals surface area contributed by atoms with Crippen molar-refractivity contribution in [3.8, 4) is 0 Å². The lowest BCUT2D eigenvalue weighted by Gasteiger charge is -2.22. The van der Waals surface area contributed by atoms with Crippen LogP contribution in [0.3, 0.4) is 0 Å². The Morgan fingerprint density at radius 1 is 1.23 bits per heavy atom. The summed E-state index contributed by atoms with van der Waals surface area (Å²) in [6, 6.07) is 8.72. The molecule has 1 amide bonds. The highest BCUT2D eigenvalue weighted by atomic mass is 32.1. The predicted octanol–water partition coefficient (Wildman–Crippen LogP) is 6.57. The van der Waals surface area contributed by atoms with Gasteiger partial charge in [0.15, 0.2) is 0 Å². The number of anilines is 3. The Labute approximate surface area is 182 Å². The van der Waals surface area contributed by atoms with Crippen molar-refractivity contribution in [3.05, 3.63) is 51.9 Å². The number of hydrogen-bond donors (Lipinski definition) is 3. The van der Waals surface area contributed by atoms with Crippen LogP contribution in [0, 0.1) is 19.3 Å². The van der Waals surface area contributed by atoms with Crippen LogP contribution < -0.4 is 16.4 Å². The van der Waals surface area contributed by atoms with E-state index in [1.165, 1.54) is 26.8 Å². The van der Waals surface area contributed by atoms with Crippen molar-refractivity contribution in [1.29, 1.82) is 0 Å². The van der Waals surface area contributed by atoms with Crippen molar-refractivity contribution in [2.24, 2.45) is 5.41 Å². The molecule has 1 aromatic heterocycles. The van der Waals surface area contributed by atoms with Gasteiger partial charge in [-0.05, 0) is 77.9 Å². The number of nitrogens with two attached hydrogens (primary N) is 1. The van der Waals surface area contributed by atoms with Crippen molar-refractivity contribution in [2.75, 3.05) is 16.4 Å². The van der Waals surface area contributed by atoms with Crippen LogP contribution >= 0.6 is 11.3 Å². The van der Waals surface area contributed by atoms with Crippen molar-refractivity contribution < 1.29 is 4.79 Å². The molecule has 0 bridgehead atoms. The molecular formula is C25H31N3OS. The third-order valence-electron chi connectivity index (χ3n) is 5.88. The summed E-state index contributed by atoms with van der Waals surface area (Å²) < 4.78 is 1.21. The van der Waals surface area contributed by atoms with E-state index in [2.05, 4.69) is 62.8 Å². The van der Waals surface area contributed by atoms with Gasteiger partial charge in [-0.15, -0.1) is 11.3 Å². The van der Waals surface area contributed by atoms with E-state index in [-0.39, 0.29) is 17.4 Å². The van der Waals surface area contributed by atoms with E-state index < -0.39 is 0 Å². The Morgan fingerprint density at radius 3 is 2.73 bits per heavy atom. The van der Waals surface area contributed by atoms with Gasteiger partial charge in [0, 0.05) is 33.6 Å². The van der Waals surface area contributed by atoms with E-state index in [1.807, 2.05) is 12.1 Å². The van der Waals surface area contributed by atoms with Gasteiger partial charge in [0.2, 0.25) is 5.91 Å². The van der Waals surface area contributed by atoms with Gasteiger partial charge in [0.05, 0.1) is 6.04 Å². The van der Waals surface area contributed by atoms with Crippen molar-refractivity contribution in [3.63, 3.8) is 0 Å². The molecular weight excluding hydrogens is 390 g/mol. The van der Waals surface area contributed by atoms with Crippen LogP contribution in [0.4, 0.5) is 17.1 Å². The third kappa shape index (κ3) is 4.04. The molecule has 0 saturated carbocycles. The second-order valence-electron chi connectivity index (χ2n) is 9.68. The summed E-state index contributed by atoms with van der Waals surface area (Å²) in [5, 5.41) is 10.3. The Hall–Kier alpha value is -2.53. The molecule has 1 aliphatic carbocycles. The van der Waals surface area contributed by atoms with Crippen LogP contribution in [0.25, 0.3) is 10.1 Å². The van der Waals surface area contributed by atoms with Crippen LogP contribution in [0.5, 0.6) is 0 Å². The number of benzene rings is 2. The topological polar surface area (TPSA) is 67.2 Å².